The molecule has 0 amide bonds. The predicted octanol–water partition coefficient (Wildman–Crippen LogP) is 3.10. The number of halogens is 1. The second-order valence-corrected chi connectivity index (χ2v) is 5.12. The minimum Gasteiger partial charge on any atom is -0.275 e. The van der Waals surface area contributed by atoms with Gasteiger partial charge in [0.25, 0.3) is 0 Å². The van der Waals surface area contributed by atoms with Gasteiger partial charge in [-0.2, -0.15) is 5.10 Å². The van der Waals surface area contributed by atoms with Crippen molar-refractivity contribution in [3.63, 3.8) is 0 Å². The molecule has 0 aliphatic carbocycles. The average Bonchev–Trinajstić information content (AvgIpc) is 2.82. The molecule has 4 heteroatoms. The van der Waals surface area contributed by atoms with Crippen molar-refractivity contribution in [2.45, 2.75) is 13.3 Å². The highest BCUT2D eigenvalue weighted by Crippen LogP contribution is 2.27. The quantitative estimate of drug-likeness (QED) is 0.712. The van der Waals surface area contributed by atoms with Gasteiger partial charge in [0.15, 0.2) is 0 Å². The van der Waals surface area contributed by atoms with Crippen LogP contribution in [0.2, 0.25) is 4.34 Å². The first-order valence-corrected chi connectivity index (χ1v) is 6.18. The van der Waals surface area contributed by atoms with Gasteiger partial charge < -0.3 is 0 Å². The fourth-order valence-corrected chi connectivity index (χ4v) is 2.46. The molecular weight excluding hydrogens is 240 g/mol. The van der Waals surface area contributed by atoms with E-state index in [0.29, 0.717) is 0 Å². The summed E-state index contributed by atoms with van der Waals surface area (Å²) in [6.45, 7) is 2.11. The molecule has 82 valence electrons. The van der Waals surface area contributed by atoms with Gasteiger partial charge in [0.1, 0.15) is 10.0 Å². The summed E-state index contributed by atoms with van der Waals surface area (Å²) in [7, 11) is 1.87. The Bertz CT molecular complexity index is 557. The van der Waals surface area contributed by atoms with Gasteiger partial charge in [0.05, 0.1) is 5.56 Å². The number of thiophene rings is 1. The Labute approximate surface area is 104 Å². The molecule has 0 spiro atoms. The summed E-state index contributed by atoms with van der Waals surface area (Å²) in [5.74, 6) is 6.05. The Morgan fingerprint density at radius 1 is 1.50 bits per heavy atom. The van der Waals surface area contributed by atoms with Crippen LogP contribution in [0.3, 0.4) is 0 Å². The van der Waals surface area contributed by atoms with Crippen molar-refractivity contribution in [2.24, 2.45) is 7.05 Å². The lowest BCUT2D eigenvalue weighted by Crippen LogP contribution is -1.87. The van der Waals surface area contributed by atoms with E-state index in [1.807, 2.05) is 25.4 Å². The number of aryl methyl sites for hydroxylation is 2. The Kier molecular flexibility index (Phi) is 3.33. The van der Waals surface area contributed by atoms with Gasteiger partial charge in [-0.15, -0.1) is 11.3 Å². The van der Waals surface area contributed by atoms with Crippen LogP contribution in [0, 0.1) is 11.8 Å². The molecule has 2 heterocycles. The molecule has 2 aromatic heterocycles. The Hall–Kier alpha value is -1.24. The Morgan fingerprint density at radius 2 is 2.31 bits per heavy atom. The SMILES string of the molecule is CCc1cc(C#Cc2ccn(C)n2)c(Cl)s1. The van der Waals surface area contributed by atoms with E-state index in [1.54, 1.807) is 16.0 Å². The lowest BCUT2D eigenvalue weighted by Gasteiger charge is -1.83. The molecular formula is C12H11ClN2S. The molecule has 0 N–H and O–H groups in total. The molecule has 2 nitrogen and oxygen atoms in total. The maximum Gasteiger partial charge on any atom is 0.135 e. The van der Waals surface area contributed by atoms with Crippen LogP contribution < -0.4 is 0 Å². The highest BCUT2D eigenvalue weighted by Gasteiger charge is 2.03. The summed E-state index contributed by atoms with van der Waals surface area (Å²) < 4.78 is 2.50. The van der Waals surface area contributed by atoms with E-state index >= 15 is 0 Å². The molecule has 0 unspecified atom stereocenters. The summed E-state index contributed by atoms with van der Waals surface area (Å²) in [6, 6.07) is 3.93. The van der Waals surface area contributed by atoms with Crippen LogP contribution in [-0.4, -0.2) is 9.78 Å². The van der Waals surface area contributed by atoms with Crippen molar-refractivity contribution >= 4 is 22.9 Å². The third-order valence-corrected chi connectivity index (χ3v) is 3.63. The van der Waals surface area contributed by atoms with Crippen LogP contribution in [0.1, 0.15) is 23.1 Å². The molecule has 0 radical (unpaired) electrons. The first-order chi connectivity index (χ1) is 7.69. The first-order valence-electron chi connectivity index (χ1n) is 4.99. The van der Waals surface area contributed by atoms with E-state index in [-0.39, 0.29) is 0 Å². The number of hydrogen-bond donors (Lipinski definition) is 0. The highest BCUT2D eigenvalue weighted by molar-refractivity contribution is 7.16. The van der Waals surface area contributed by atoms with Crippen molar-refractivity contribution in [2.75, 3.05) is 0 Å². The summed E-state index contributed by atoms with van der Waals surface area (Å²) in [4.78, 5) is 1.26. The van der Waals surface area contributed by atoms with Crippen molar-refractivity contribution in [1.82, 2.24) is 9.78 Å². The van der Waals surface area contributed by atoms with Crippen LogP contribution in [0.4, 0.5) is 0 Å². The van der Waals surface area contributed by atoms with E-state index in [9.17, 15) is 0 Å². The molecule has 0 bridgehead atoms. The molecule has 0 aromatic carbocycles. The van der Waals surface area contributed by atoms with Crippen molar-refractivity contribution < 1.29 is 0 Å². The average molecular weight is 251 g/mol. The fraction of sp³-hybridized carbons (Fsp3) is 0.250. The van der Waals surface area contributed by atoms with Crippen molar-refractivity contribution in [3.8, 4) is 11.8 Å². The van der Waals surface area contributed by atoms with Crippen LogP contribution in [0.25, 0.3) is 0 Å². The lowest BCUT2D eigenvalue weighted by molar-refractivity contribution is 0.764. The van der Waals surface area contributed by atoms with Gasteiger partial charge in [-0.3, -0.25) is 4.68 Å². The van der Waals surface area contributed by atoms with Gasteiger partial charge >= 0.3 is 0 Å². The number of hydrogen-bond acceptors (Lipinski definition) is 2. The summed E-state index contributed by atoms with van der Waals surface area (Å²) in [5.41, 5.74) is 1.66. The monoisotopic (exact) mass is 250 g/mol. The molecule has 0 saturated carbocycles. The number of nitrogens with zero attached hydrogens (tertiary/aromatic N) is 2. The zero-order chi connectivity index (χ0) is 11.5. The second-order valence-electron chi connectivity index (χ2n) is 3.38. The number of rotatable bonds is 1. The maximum atomic E-state index is 6.09. The molecule has 0 atom stereocenters. The molecule has 2 rings (SSSR count). The van der Waals surface area contributed by atoms with Gasteiger partial charge in [-0.05, 0) is 24.5 Å². The summed E-state index contributed by atoms with van der Waals surface area (Å²) in [6.07, 6.45) is 2.87. The van der Waals surface area contributed by atoms with E-state index in [1.165, 1.54) is 4.88 Å². The van der Waals surface area contributed by atoms with E-state index in [2.05, 4.69) is 23.9 Å². The number of aromatic nitrogens is 2. The lowest BCUT2D eigenvalue weighted by atomic mass is 10.3. The van der Waals surface area contributed by atoms with Crippen LogP contribution >= 0.6 is 22.9 Å². The minimum absolute atomic E-state index is 0.764. The smallest absolute Gasteiger partial charge is 0.135 e. The first kappa shape index (κ1) is 11.3. The van der Waals surface area contributed by atoms with E-state index in [0.717, 1.165) is 22.0 Å². The second kappa shape index (κ2) is 4.73. The van der Waals surface area contributed by atoms with Gasteiger partial charge in [0.2, 0.25) is 0 Å². The molecule has 2 aromatic rings. The zero-order valence-corrected chi connectivity index (χ0v) is 10.7. The van der Waals surface area contributed by atoms with Crippen molar-refractivity contribution in [1.29, 1.82) is 0 Å². The van der Waals surface area contributed by atoms with E-state index in [4.69, 9.17) is 11.6 Å². The normalized spacial score (nSPS) is 9.94. The van der Waals surface area contributed by atoms with Crippen LogP contribution in [-0.2, 0) is 13.5 Å². The summed E-state index contributed by atoms with van der Waals surface area (Å²) in [5, 5.41) is 4.19. The highest BCUT2D eigenvalue weighted by atomic mass is 35.5. The Morgan fingerprint density at radius 3 is 2.88 bits per heavy atom. The van der Waals surface area contributed by atoms with Crippen LogP contribution in [0.5, 0.6) is 0 Å². The molecule has 0 aliphatic heterocycles. The van der Waals surface area contributed by atoms with Gasteiger partial charge in [0, 0.05) is 18.1 Å². The topological polar surface area (TPSA) is 17.8 Å². The molecule has 0 aliphatic rings. The maximum absolute atomic E-state index is 6.09. The zero-order valence-electron chi connectivity index (χ0n) is 9.12. The van der Waals surface area contributed by atoms with Crippen molar-refractivity contribution in [3.05, 3.63) is 38.8 Å². The van der Waals surface area contributed by atoms with Gasteiger partial charge in [-0.1, -0.05) is 24.4 Å². The Balaban J connectivity index is 2.26. The fourth-order valence-electron chi connectivity index (χ4n) is 1.29. The van der Waals surface area contributed by atoms with Crippen LogP contribution in [0.15, 0.2) is 18.3 Å². The third-order valence-electron chi connectivity index (χ3n) is 2.13. The predicted molar refractivity (Wildman–Crippen MR) is 67.9 cm³/mol. The largest absolute Gasteiger partial charge is 0.275 e. The third kappa shape index (κ3) is 2.46. The summed E-state index contributed by atoms with van der Waals surface area (Å²) >= 11 is 7.68. The molecule has 0 fully saturated rings. The minimum atomic E-state index is 0.764. The van der Waals surface area contributed by atoms with Gasteiger partial charge in [-0.25, -0.2) is 0 Å². The standard InChI is InChI=1S/C12H11ClN2S/c1-3-11-8-9(12(13)16-11)4-5-10-6-7-15(2)14-10/h6-8H,3H2,1-2H3. The molecule has 0 saturated heterocycles. The van der Waals surface area contributed by atoms with E-state index < -0.39 is 0 Å². The molecule has 16 heavy (non-hydrogen) atoms.